The normalized spacial score (nSPS) is 10.2. The second kappa shape index (κ2) is 4.71. The van der Waals surface area contributed by atoms with Crippen LogP contribution in [0.2, 0.25) is 0 Å². The smallest absolute Gasteiger partial charge is 0.225 e. The molecular formula is C14H10N2O2. The lowest BCUT2D eigenvalue weighted by Crippen LogP contribution is -1.66. The third-order valence-electron chi connectivity index (χ3n) is 2.50. The van der Waals surface area contributed by atoms with Gasteiger partial charge in [0.05, 0.1) is 6.26 Å². The van der Waals surface area contributed by atoms with Crippen LogP contribution in [0.3, 0.4) is 0 Å². The van der Waals surface area contributed by atoms with E-state index in [2.05, 4.69) is 10.1 Å². The molecule has 3 heterocycles. The largest absolute Gasteiger partial charge is 0.446 e. The Balaban J connectivity index is 0.000000111. The number of benzene rings is 1. The van der Waals surface area contributed by atoms with Crippen LogP contribution in [0.1, 0.15) is 0 Å². The van der Waals surface area contributed by atoms with Gasteiger partial charge in [0, 0.05) is 17.0 Å². The molecule has 0 atom stereocenters. The van der Waals surface area contributed by atoms with Crippen molar-refractivity contribution in [1.82, 2.24) is 10.1 Å². The third kappa shape index (κ3) is 2.08. The predicted molar refractivity (Wildman–Crippen MR) is 68.0 cm³/mol. The van der Waals surface area contributed by atoms with E-state index in [9.17, 15) is 0 Å². The second-order valence-corrected chi connectivity index (χ2v) is 3.69. The van der Waals surface area contributed by atoms with Gasteiger partial charge in [-0.3, -0.25) is 0 Å². The third-order valence-corrected chi connectivity index (χ3v) is 2.50. The van der Waals surface area contributed by atoms with Crippen molar-refractivity contribution in [3.05, 3.63) is 61.2 Å². The minimum absolute atomic E-state index is 0.706. The van der Waals surface area contributed by atoms with E-state index in [1.807, 2.05) is 42.5 Å². The van der Waals surface area contributed by atoms with Gasteiger partial charge in [-0.15, -0.1) is 0 Å². The summed E-state index contributed by atoms with van der Waals surface area (Å²) < 4.78 is 9.72. The molecule has 4 rings (SSSR count). The van der Waals surface area contributed by atoms with Crippen molar-refractivity contribution >= 4 is 22.0 Å². The molecule has 0 aliphatic carbocycles. The van der Waals surface area contributed by atoms with Crippen molar-refractivity contribution < 1.29 is 8.94 Å². The first-order valence-corrected chi connectivity index (χ1v) is 5.51. The molecule has 0 fully saturated rings. The highest BCUT2D eigenvalue weighted by atomic mass is 16.5. The van der Waals surface area contributed by atoms with Gasteiger partial charge in [-0.2, -0.15) is 0 Å². The highest BCUT2D eigenvalue weighted by Crippen LogP contribution is 2.10. The highest BCUT2D eigenvalue weighted by Gasteiger charge is 1.92. The van der Waals surface area contributed by atoms with E-state index in [0.717, 1.165) is 16.3 Å². The van der Waals surface area contributed by atoms with Crippen molar-refractivity contribution in [2.45, 2.75) is 0 Å². The van der Waals surface area contributed by atoms with Crippen molar-refractivity contribution in [2.24, 2.45) is 0 Å². The van der Waals surface area contributed by atoms with E-state index in [1.54, 1.807) is 18.7 Å². The average Bonchev–Trinajstić information content (AvgIpc) is 3.08. The fourth-order valence-corrected chi connectivity index (χ4v) is 1.61. The molecule has 0 bridgehead atoms. The van der Waals surface area contributed by atoms with E-state index in [0.29, 0.717) is 5.71 Å². The molecule has 4 nitrogen and oxygen atoms in total. The number of furan rings is 1. The lowest BCUT2D eigenvalue weighted by atomic mass is 10.3. The number of pyridine rings is 1. The van der Waals surface area contributed by atoms with Crippen molar-refractivity contribution in [3.63, 3.8) is 0 Å². The zero-order valence-electron chi connectivity index (χ0n) is 9.48. The van der Waals surface area contributed by atoms with Gasteiger partial charge in [0.2, 0.25) is 5.71 Å². The molecule has 0 radical (unpaired) electrons. The molecule has 0 saturated carbocycles. The van der Waals surface area contributed by atoms with Gasteiger partial charge >= 0.3 is 0 Å². The zero-order chi connectivity index (χ0) is 12.2. The number of fused-ring (bicyclic) bond motifs is 2. The molecule has 0 saturated heterocycles. The van der Waals surface area contributed by atoms with Crippen LogP contribution >= 0.6 is 0 Å². The van der Waals surface area contributed by atoms with E-state index >= 15 is 0 Å². The van der Waals surface area contributed by atoms with Gasteiger partial charge < -0.3 is 8.94 Å². The van der Waals surface area contributed by atoms with Crippen LogP contribution in [0, 0.1) is 0 Å². The fraction of sp³-hybridized carbons (Fsp3) is 0. The van der Waals surface area contributed by atoms with Crippen molar-refractivity contribution in [3.8, 4) is 0 Å². The molecule has 3 aromatic heterocycles. The Kier molecular flexibility index (Phi) is 2.75. The first-order chi connectivity index (χ1) is 8.93. The summed E-state index contributed by atoms with van der Waals surface area (Å²) in [5, 5.41) is 5.85. The summed E-state index contributed by atoms with van der Waals surface area (Å²) in [6.45, 7) is 0. The topological polar surface area (TPSA) is 52.1 Å². The van der Waals surface area contributed by atoms with E-state index < -0.39 is 0 Å². The quantitative estimate of drug-likeness (QED) is 0.469. The number of hydrogen-bond donors (Lipinski definition) is 0. The number of rotatable bonds is 0. The molecular weight excluding hydrogens is 228 g/mol. The van der Waals surface area contributed by atoms with E-state index in [-0.39, 0.29) is 0 Å². The zero-order valence-corrected chi connectivity index (χ0v) is 9.48. The molecule has 4 aromatic rings. The summed E-state index contributed by atoms with van der Waals surface area (Å²) in [5.74, 6) is 0. The molecule has 88 valence electrons. The number of hydrogen-bond acceptors (Lipinski definition) is 4. The molecule has 1 aromatic carbocycles. The Hall–Kier alpha value is -2.62. The minimum atomic E-state index is 0.706. The van der Waals surface area contributed by atoms with Gasteiger partial charge in [0.15, 0.2) is 0 Å². The summed E-state index contributed by atoms with van der Waals surface area (Å²) in [6.07, 6.45) is 4.98. The maximum atomic E-state index is 5.01. The van der Waals surface area contributed by atoms with Gasteiger partial charge in [0.25, 0.3) is 0 Å². The summed E-state index contributed by atoms with van der Waals surface area (Å²) in [7, 11) is 0. The van der Waals surface area contributed by atoms with Crippen molar-refractivity contribution in [1.29, 1.82) is 0 Å². The van der Waals surface area contributed by atoms with Crippen LogP contribution < -0.4 is 0 Å². The van der Waals surface area contributed by atoms with Gasteiger partial charge in [-0.25, -0.2) is 4.98 Å². The van der Waals surface area contributed by atoms with Crippen LogP contribution in [0.25, 0.3) is 22.0 Å². The van der Waals surface area contributed by atoms with Crippen LogP contribution in [-0.4, -0.2) is 10.1 Å². The first-order valence-electron chi connectivity index (χ1n) is 5.51. The van der Waals surface area contributed by atoms with Crippen LogP contribution in [0.15, 0.2) is 70.1 Å². The highest BCUT2D eigenvalue weighted by molar-refractivity contribution is 5.76. The summed E-state index contributed by atoms with van der Waals surface area (Å²) in [6, 6.07) is 13.5. The Labute approximate surface area is 103 Å². The second-order valence-electron chi connectivity index (χ2n) is 3.69. The Bertz CT molecular complexity index is 632. The number of nitrogens with zero attached hydrogens (tertiary/aromatic N) is 2. The Morgan fingerprint density at radius 1 is 0.889 bits per heavy atom. The lowest BCUT2D eigenvalue weighted by Gasteiger charge is -1.80. The van der Waals surface area contributed by atoms with Crippen molar-refractivity contribution in [2.75, 3.05) is 0 Å². The van der Waals surface area contributed by atoms with Crippen LogP contribution in [-0.2, 0) is 0 Å². The van der Waals surface area contributed by atoms with Crippen LogP contribution in [0.4, 0.5) is 0 Å². The molecule has 0 aliphatic rings. The molecule has 18 heavy (non-hydrogen) atoms. The van der Waals surface area contributed by atoms with Gasteiger partial charge in [-0.05, 0) is 30.3 Å². The fourth-order valence-electron chi connectivity index (χ4n) is 1.61. The summed E-state index contributed by atoms with van der Waals surface area (Å²) in [4.78, 5) is 3.97. The molecule has 0 N–H and O–H groups in total. The van der Waals surface area contributed by atoms with E-state index in [4.69, 9.17) is 8.94 Å². The maximum Gasteiger partial charge on any atom is 0.225 e. The molecule has 0 unspecified atom stereocenters. The number of aromatic nitrogens is 2. The molecule has 0 aliphatic heterocycles. The standard InChI is InChI=1S/2C7H5NO/c1-2-6-3-5-9-7(6)8-4-1;1-2-4-7-6(3-1)5-9-8-7/h2*1-5H. The Morgan fingerprint density at radius 3 is 2.67 bits per heavy atom. The summed E-state index contributed by atoms with van der Waals surface area (Å²) >= 11 is 0. The molecule has 0 spiro atoms. The predicted octanol–water partition coefficient (Wildman–Crippen LogP) is 3.66. The van der Waals surface area contributed by atoms with E-state index in [1.165, 1.54) is 0 Å². The average molecular weight is 238 g/mol. The van der Waals surface area contributed by atoms with Gasteiger partial charge in [-0.1, -0.05) is 17.3 Å². The van der Waals surface area contributed by atoms with Crippen LogP contribution in [0.5, 0.6) is 0 Å². The first kappa shape index (κ1) is 10.5. The summed E-state index contributed by atoms with van der Waals surface area (Å²) in [5.41, 5.74) is 1.62. The lowest BCUT2D eigenvalue weighted by molar-refractivity contribution is 0.428. The molecule has 0 amide bonds. The SMILES string of the molecule is c1ccc2nocc2c1.c1cnc2occc2c1. The monoisotopic (exact) mass is 238 g/mol. The maximum absolute atomic E-state index is 5.01. The minimum Gasteiger partial charge on any atom is -0.446 e. The Morgan fingerprint density at radius 2 is 1.78 bits per heavy atom. The molecule has 4 heteroatoms. The van der Waals surface area contributed by atoms with Gasteiger partial charge in [0.1, 0.15) is 11.8 Å².